The van der Waals surface area contributed by atoms with Crippen molar-refractivity contribution in [3.63, 3.8) is 0 Å². The van der Waals surface area contributed by atoms with Gasteiger partial charge in [-0.15, -0.1) is 0 Å². The number of anilines is 1. The molecule has 5 rings (SSSR count). The van der Waals surface area contributed by atoms with E-state index in [0.29, 0.717) is 36.5 Å². The summed E-state index contributed by atoms with van der Waals surface area (Å²) >= 11 is 0. The molecule has 0 saturated carbocycles. The van der Waals surface area contributed by atoms with E-state index in [-0.39, 0.29) is 11.8 Å². The molecule has 1 unspecified atom stereocenters. The van der Waals surface area contributed by atoms with Gasteiger partial charge < -0.3 is 19.9 Å². The van der Waals surface area contributed by atoms with Crippen LogP contribution in [0.15, 0.2) is 48.7 Å². The number of amides is 2. The number of aromatic nitrogens is 2. The van der Waals surface area contributed by atoms with Crippen LogP contribution in [0.3, 0.4) is 0 Å². The molecule has 33 heavy (non-hydrogen) atoms. The summed E-state index contributed by atoms with van der Waals surface area (Å²) in [5, 5.41) is 3.49. The molecule has 0 spiro atoms. The Morgan fingerprint density at radius 2 is 1.91 bits per heavy atom. The van der Waals surface area contributed by atoms with Crippen molar-refractivity contribution in [1.29, 1.82) is 0 Å². The van der Waals surface area contributed by atoms with Crippen molar-refractivity contribution in [3.05, 3.63) is 65.5 Å². The highest BCUT2D eigenvalue weighted by Crippen LogP contribution is 2.27. The summed E-state index contributed by atoms with van der Waals surface area (Å²) < 4.78 is 5.99. The lowest BCUT2D eigenvalue weighted by atomic mass is 10.0. The van der Waals surface area contributed by atoms with E-state index in [9.17, 15) is 9.59 Å². The summed E-state index contributed by atoms with van der Waals surface area (Å²) in [6, 6.07) is 13.0. The van der Waals surface area contributed by atoms with Crippen molar-refractivity contribution in [2.45, 2.75) is 18.9 Å². The van der Waals surface area contributed by atoms with Gasteiger partial charge >= 0.3 is 0 Å². The van der Waals surface area contributed by atoms with Crippen LogP contribution in [0.25, 0.3) is 10.9 Å². The third-order valence-corrected chi connectivity index (χ3v) is 6.31. The Hall–Kier alpha value is -3.52. The molecule has 2 fully saturated rings. The van der Waals surface area contributed by atoms with E-state index >= 15 is 0 Å². The normalized spacial score (nSPS) is 18.5. The average molecular weight is 446 g/mol. The fraction of sp³-hybridized carbons (Fsp3) is 0.360. The van der Waals surface area contributed by atoms with Gasteiger partial charge in [-0.25, -0.2) is 9.97 Å². The zero-order chi connectivity index (χ0) is 22.8. The van der Waals surface area contributed by atoms with Gasteiger partial charge in [0.2, 0.25) is 0 Å². The quantitative estimate of drug-likeness (QED) is 0.665. The largest absolute Gasteiger partial charge is 0.368 e. The first-order valence-corrected chi connectivity index (χ1v) is 11.4. The summed E-state index contributed by atoms with van der Waals surface area (Å²) in [5.41, 5.74) is 2.56. The van der Waals surface area contributed by atoms with Crippen LogP contribution in [0, 0.1) is 0 Å². The van der Waals surface area contributed by atoms with Crippen LogP contribution in [0.2, 0.25) is 0 Å². The maximum absolute atomic E-state index is 13.3. The molecule has 2 saturated heterocycles. The van der Waals surface area contributed by atoms with Crippen LogP contribution >= 0.6 is 0 Å². The molecule has 2 amide bonds. The number of hydrogen-bond acceptors (Lipinski definition) is 6. The van der Waals surface area contributed by atoms with Gasteiger partial charge in [0, 0.05) is 43.8 Å². The molecule has 1 aromatic carbocycles. The van der Waals surface area contributed by atoms with E-state index in [1.165, 1.54) is 0 Å². The zero-order valence-corrected chi connectivity index (χ0v) is 18.7. The smallest absolute Gasteiger partial charge is 0.254 e. The van der Waals surface area contributed by atoms with Crippen LogP contribution in [0.1, 0.15) is 45.4 Å². The van der Waals surface area contributed by atoms with E-state index in [2.05, 4.69) is 15.2 Å². The van der Waals surface area contributed by atoms with E-state index in [1.807, 2.05) is 30.3 Å². The van der Waals surface area contributed by atoms with E-state index in [1.54, 1.807) is 30.3 Å². The fourth-order valence-electron chi connectivity index (χ4n) is 4.55. The molecule has 4 heterocycles. The SMILES string of the molecule is CNC(=O)c1cc(C2CN(C(=O)c3ccnc(N4CCCC4)c3)CCO2)nc2ccccc12. The first-order valence-electron chi connectivity index (χ1n) is 11.4. The Balaban J connectivity index is 1.40. The molecule has 2 aliphatic rings. The molecular formula is C25H27N5O3. The van der Waals surface area contributed by atoms with Gasteiger partial charge in [0.25, 0.3) is 11.8 Å². The lowest BCUT2D eigenvalue weighted by Gasteiger charge is -2.33. The van der Waals surface area contributed by atoms with Crippen molar-refractivity contribution in [2.24, 2.45) is 0 Å². The van der Waals surface area contributed by atoms with Crippen molar-refractivity contribution < 1.29 is 14.3 Å². The Kier molecular flexibility index (Phi) is 5.92. The summed E-state index contributed by atoms with van der Waals surface area (Å²) in [4.78, 5) is 39.1. The number of nitrogens with zero attached hydrogens (tertiary/aromatic N) is 4. The molecule has 2 aliphatic heterocycles. The van der Waals surface area contributed by atoms with Crippen LogP contribution in [-0.4, -0.2) is 66.5 Å². The van der Waals surface area contributed by atoms with Gasteiger partial charge in [-0.1, -0.05) is 18.2 Å². The summed E-state index contributed by atoms with van der Waals surface area (Å²) in [5.74, 6) is 0.637. The molecule has 170 valence electrons. The lowest BCUT2D eigenvalue weighted by Crippen LogP contribution is -2.42. The highest BCUT2D eigenvalue weighted by molar-refractivity contribution is 6.06. The number of hydrogen-bond donors (Lipinski definition) is 1. The Bertz CT molecular complexity index is 1190. The molecule has 8 heteroatoms. The number of ether oxygens (including phenoxy) is 1. The van der Waals surface area contributed by atoms with Gasteiger partial charge in [0.15, 0.2) is 0 Å². The van der Waals surface area contributed by atoms with E-state index in [4.69, 9.17) is 9.72 Å². The number of carbonyl (C=O) groups excluding carboxylic acids is 2. The Morgan fingerprint density at radius 1 is 1.09 bits per heavy atom. The van der Waals surface area contributed by atoms with E-state index in [0.717, 1.165) is 42.7 Å². The highest BCUT2D eigenvalue weighted by Gasteiger charge is 2.29. The minimum atomic E-state index is -0.407. The second kappa shape index (κ2) is 9.15. The molecule has 0 radical (unpaired) electrons. The van der Waals surface area contributed by atoms with Gasteiger partial charge in [-0.2, -0.15) is 0 Å². The Morgan fingerprint density at radius 3 is 2.73 bits per heavy atom. The Labute approximate surface area is 192 Å². The van der Waals surface area contributed by atoms with Crippen LogP contribution < -0.4 is 10.2 Å². The van der Waals surface area contributed by atoms with Crippen molar-refractivity contribution in [3.8, 4) is 0 Å². The second-order valence-corrected chi connectivity index (χ2v) is 8.40. The maximum Gasteiger partial charge on any atom is 0.254 e. The summed E-state index contributed by atoms with van der Waals surface area (Å²) in [6.07, 6.45) is 3.61. The number of benzene rings is 1. The predicted octanol–water partition coefficient (Wildman–Crippen LogP) is 2.80. The molecule has 3 aromatic rings. The number of carbonyl (C=O) groups is 2. The molecule has 0 bridgehead atoms. The number of pyridine rings is 2. The molecule has 8 nitrogen and oxygen atoms in total. The number of morpholine rings is 1. The lowest BCUT2D eigenvalue weighted by molar-refractivity contribution is -0.0246. The van der Waals surface area contributed by atoms with Crippen molar-refractivity contribution in [2.75, 3.05) is 44.7 Å². The van der Waals surface area contributed by atoms with Crippen molar-refractivity contribution >= 4 is 28.5 Å². The molecule has 2 aromatic heterocycles. The molecular weight excluding hydrogens is 418 g/mol. The standard InChI is InChI=1S/C25H27N5O3/c1-26-24(31)19-15-21(28-20-7-3-2-6-18(19)20)22-16-30(12-13-33-22)25(32)17-8-9-27-23(14-17)29-10-4-5-11-29/h2-3,6-9,14-15,22H,4-5,10-13,16H2,1H3,(H,26,31). The topological polar surface area (TPSA) is 87.7 Å². The number of fused-ring (bicyclic) bond motifs is 1. The van der Waals surface area contributed by atoms with Crippen LogP contribution in [-0.2, 0) is 4.74 Å². The van der Waals surface area contributed by atoms with Gasteiger partial charge in [-0.3, -0.25) is 9.59 Å². The third-order valence-electron chi connectivity index (χ3n) is 6.31. The zero-order valence-electron chi connectivity index (χ0n) is 18.7. The minimum absolute atomic E-state index is 0.0431. The molecule has 1 N–H and O–H groups in total. The third kappa shape index (κ3) is 4.26. The van der Waals surface area contributed by atoms with Crippen LogP contribution in [0.4, 0.5) is 5.82 Å². The van der Waals surface area contributed by atoms with Gasteiger partial charge in [0.1, 0.15) is 11.9 Å². The first kappa shape index (κ1) is 21.3. The minimum Gasteiger partial charge on any atom is -0.368 e. The number of nitrogens with one attached hydrogen (secondary N) is 1. The summed E-state index contributed by atoms with van der Waals surface area (Å²) in [7, 11) is 1.61. The van der Waals surface area contributed by atoms with Gasteiger partial charge in [0.05, 0.1) is 29.9 Å². The highest BCUT2D eigenvalue weighted by atomic mass is 16.5. The number of rotatable bonds is 4. The molecule has 0 aliphatic carbocycles. The fourth-order valence-corrected chi connectivity index (χ4v) is 4.55. The first-order chi connectivity index (χ1) is 16.1. The van der Waals surface area contributed by atoms with Crippen LogP contribution in [0.5, 0.6) is 0 Å². The van der Waals surface area contributed by atoms with E-state index < -0.39 is 6.10 Å². The second-order valence-electron chi connectivity index (χ2n) is 8.40. The van der Waals surface area contributed by atoms with Crippen molar-refractivity contribution in [1.82, 2.24) is 20.2 Å². The molecule has 1 atom stereocenters. The predicted molar refractivity (Wildman–Crippen MR) is 125 cm³/mol. The monoisotopic (exact) mass is 445 g/mol. The maximum atomic E-state index is 13.3. The summed E-state index contributed by atoms with van der Waals surface area (Å²) in [6.45, 7) is 3.24. The van der Waals surface area contributed by atoms with Gasteiger partial charge in [-0.05, 0) is 37.1 Å². The average Bonchev–Trinajstić information content (AvgIpc) is 3.42. The number of para-hydroxylation sites is 1.